The van der Waals surface area contributed by atoms with Gasteiger partial charge in [-0.3, -0.25) is 9.59 Å². The van der Waals surface area contributed by atoms with Crippen molar-refractivity contribution < 1.29 is 193 Å². The number of hydrogen-bond donors (Lipinski definition) is 24. The van der Waals surface area contributed by atoms with E-state index in [4.69, 9.17) is 71.1 Å². The number of amides is 2. The third kappa shape index (κ3) is 16.4. The summed E-state index contributed by atoms with van der Waals surface area (Å²) in [5, 5.41) is 244. The molecule has 41 heteroatoms. The second kappa shape index (κ2) is 32.6. The van der Waals surface area contributed by atoms with Gasteiger partial charge in [-0.05, 0) is 13.8 Å². The molecule has 40 atom stereocenters. The highest BCUT2D eigenvalue weighted by molar-refractivity contribution is 5.73. The molecule has 8 rings (SSSR count). The summed E-state index contributed by atoms with van der Waals surface area (Å²) < 4.78 is 89.1. The minimum Gasteiger partial charge on any atom is -0.394 e. The van der Waals surface area contributed by atoms with Crippen LogP contribution < -0.4 is 10.6 Å². The summed E-state index contributed by atoms with van der Waals surface area (Å²) in [6, 6.07) is -3.80. The summed E-state index contributed by atoms with van der Waals surface area (Å²) in [6.07, 6.45) is -75.0. The molecule has 8 fully saturated rings. The Morgan fingerprint density at radius 1 is 0.301 bits per heavy atom. The summed E-state index contributed by atoms with van der Waals surface area (Å²) in [7, 11) is 0. The van der Waals surface area contributed by atoms with Crippen LogP contribution in [0, 0.1) is 0 Å². The van der Waals surface area contributed by atoms with Gasteiger partial charge in [-0.15, -0.1) is 0 Å². The van der Waals surface area contributed by atoms with Crippen LogP contribution in [0.1, 0.15) is 27.7 Å². The summed E-state index contributed by atoms with van der Waals surface area (Å²) in [5.74, 6) is -1.88. The molecule has 8 aliphatic rings. The molecule has 0 aromatic heterocycles. The molecular weight excluding hydrogens is 1280 g/mol. The topological polar surface area (TPSA) is 642 Å². The molecule has 0 saturated carbocycles. The largest absolute Gasteiger partial charge is 0.394 e. The standard InChI is InChI=1S/C52H88N2O39/c1-11-23(62)28(67)34(73)48(80-11)91-42-21(53-13(3)60)46(85-18(8-58)40(42)89-50-36(75)30(69)25(64)15(5-55)83-50)79-10-20-27(66)44(38(77)52(87-20)88-39-17(7-57)82-45(78)33(72)32(39)71)93-47-22(54-14(4)61)43(92-49-35(74)29(68)24(63)12(2)81-49)41(19(9-59)86-47)90-51-37(76)31(70)26(65)16(6-56)84-51/h11-12,15-52,55-59,62-78H,5-10H2,1-4H3,(H,53,60)(H,54,61)/t11-,12-,15+,16+,17-,18+,19-,20-,21-,22?,23+,24+,25-,26-,27+,28-,29-,30+,31+,32+,33+,34+,35+,36-,37-,38+,39+,40+,41-,42-,43+,44+,45?,46+,47-,48-,49-,50-,51-,52?/m1/s1. The second-order valence-electron chi connectivity index (χ2n) is 23.9. The third-order valence-electron chi connectivity index (χ3n) is 17.4. The molecule has 24 N–H and O–H groups in total. The van der Waals surface area contributed by atoms with Gasteiger partial charge in [0.2, 0.25) is 11.8 Å². The molecule has 0 aliphatic carbocycles. The lowest BCUT2D eigenvalue weighted by atomic mass is 9.93. The average Bonchev–Trinajstić information content (AvgIpc) is 0.867. The molecule has 0 radical (unpaired) electrons. The van der Waals surface area contributed by atoms with Gasteiger partial charge in [0, 0.05) is 13.8 Å². The number of rotatable bonds is 22. The fraction of sp³-hybridized carbons (Fsp3) is 0.962. The maximum atomic E-state index is 13.3. The molecule has 3 unspecified atom stereocenters. The summed E-state index contributed by atoms with van der Waals surface area (Å²) in [6.45, 7) is -1.86. The van der Waals surface area contributed by atoms with Gasteiger partial charge < -0.3 is 194 Å². The highest BCUT2D eigenvalue weighted by Crippen LogP contribution is 2.39. The lowest BCUT2D eigenvalue weighted by molar-refractivity contribution is -0.394. The first kappa shape index (κ1) is 76.2. The molecule has 8 aliphatic heterocycles. The van der Waals surface area contributed by atoms with E-state index in [0.29, 0.717) is 0 Å². The zero-order valence-electron chi connectivity index (χ0n) is 50.1. The molecule has 0 spiro atoms. The SMILES string of the molecule is CC(=O)NC1[C@@H](O[C@H]2[C@@H](O)[C@@H](CO[C@H]3O[C@@H](CO)[C@H](O[C@H]4O[C@@H](CO)[C@@H](O)[C@H](O)[C@H]4O)[C@H](O[C@H]4O[C@H](C)[C@H](O)[C@@H](O)[C@@H]4O)[C@H]3NC(C)=O)OC(O[C@@H]3[C@@H](O)[C@H](O)C(O)O[C@@H]3CO)[C@H]2O)O[C@H](CO)[C@@H](O[C@H]2O[C@@H](CO)[C@@H](O)[C@H](O)[C@H]2O)[C@H]1O[C@H]1O[C@H](C)[C@H](O)[C@@H](O)[C@@H]1O. The minimum atomic E-state index is -2.42. The van der Waals surface area contributed by atoms with Crippen LogP contribution in [0.25, 0.3) is 0 Å². The van der Waals surface area contributed by atoms with E-state index in [1.54, 1.807) is 0 Å². The van der Waals surface area contributed by atoms with Crippen LogP contribution in [-0.4, -0.2) is 409 Å². The van der Waals surface area contributed by atoms with Gasteiger partial charge in [0.15, 0.2) is 50.3 Å². The van der Waals surface area contributed by atoms with E-state index >= 15 is 0 Å². The van der Waals surface area contributed by atoms with E-state index in [0.717, 1.165) is 13.8 Å². The normalized spacial score (nSPS) is 51.6. The zero-order chi connectivity index (χ0) is 68.5. The Balaban J connectivity index is 1.16. The number of aliphatic hydroxyl groups excluding tert-OH is 22. The summed E-state index contributed by atoms with van der Waals surface area (Å²) in [4.78, 5) is 26.5. The first-order chi connectivity index (χ1) is 43.9. The Labute approximate surface area is 527 Å². The molecule has 540 valence electrons. The number of carbonyl (C=O) groups is 2. The van der Waals surface area contributed by atoms with Crippen LogP contribution in [0.5, 0.6) is 0 Å². The summed E-state index contributed by atoms with van der Waals surface area (Å²) in [5.41, 5.74) is 0. The van der Waals surface area contributed by atoms with E-state index in [1.165, 1.54) is 13.8 Å². The van der Waals surface area contributed by atoms with Crippen molar-refractivity contribution in [3.8, 4) is 0 Å². The number of aliphatic hydroxyl groups is 22. The van der Waals surface area contributed by atoms with Crippen molar-refractivity contribution in [3.63, 3.8) is 0 Å². The first-order valence-electron chi connectivity index (χ1n) is 29.9. The van der Waals surface area contributed by atoms with E-state index in [1.807, 2.05) is 0 Å². The van der Waals surface area contributed by atoms with Gasteiger partial charge >= 0.3 is 0 Å². The maximum absolute atomic E-state index is 13.3. The van der Waals surface area contributed by atoms with Crippen LogP contribution in [0.4, 0.5) is 0 Å². The van der Waals surface area contributed by atoms with Crippen molar-refractivity contribution in [2.75, 3.05) is 39.6 Å². The second-order valence-corrected chi connectivity index (χ2v) is 23.9. The minimum absolute atomic E-state index is 0.912. The molecule has 8 heterocycles. The predicted octanol–water partition coefficient (Wildman–Crippen LogP) is -16.1. The Bertz CT molecular complexity index is 2350. The van der Waals surface area contributed by atoms with E-state index in [2.05, 4.69) is 10.6 Å². The average molecular weight is 1370 g/mol. The van der Waals surface area contributed by atoms with Gasteiger partial charge in [0.05, 0.1) is 51.8 Å². The van der Waals surface area contributed by atoms with Crippen LogP contribution in [0.15, 0.2) is 0 Å². The van der Waals surface area contributed by atoms with E-state index in [9.17, 15) is 122 Å². The maximum Gasteiger partial charge on any atom is 0.217 e. The Morgan fingerprint density at radius 3 is 1.04 bits per heavy atom. The van der Waals surface area contributed by atoms with Gasteiger partial charge in [0.25, 0.3) is 0 Å². The highest BCUT2D eigenvalue weighted by Gasteiger charge is 2.60. The van der Waals surface area contributed by atoms with E-state index in [-0.39, 0.29) is 0 Å². The molecule has 8 saturated heterocycles. The monoisotopic (exact) mass is 1360 g/mol. The van der Waals surface area contributed by atoms with Crippen molar-refractivity contribution in [3.05, 3.63) is 0 Å². The van der Waals surface area contributed by atoms with Gasteiger partial charge in [-0.1, -0.05) is 0 Å². The molecular formula is C52H88N2O39. The smallest absolute Gasteiger partial charge is 0.217 e. The van der Waals surface area contributed by atoms with Gasteiger partial charge in [-0.2, -0.15) is 0 Å². The fourth-order valence-corrected chi connectivity index (χ4v) is 12.1. The Morgan fingerprint density at radius 2 is 0.624 bits per heavy atom. The lowest BCUT2D eigenvalue weighted by Crippen LogP contribution is -2.71. The first-order valence-corrected chi connectivity index (χ1v) is 29.9. The molecule has 0 aromatic rings. The van der Waals surface area contributed by atoms with Crippen LogP contribution in [-0.2, 0) is 80.6 Å². The van der Waals surface area contributed by atoms with Crippen LogP contribution in [0.3, 0.4) is 0 Å². The molecule has 0 aromatic carbocycles. The molecule has 0 bridgehead atoms. The highest BCUT2D eigenvalue weighted by atomic mass is 16.8. The van der Waals surface area contributed by atoms with Crippen molar-refractivity contribution in [1.82, 2.24) is 10.6 Å². The zero-order valence-corrected chi connectivity index (χ0v) is 50.1. The van der Waals surface area contributed by atoms with Crippen LogP contribution in [0.2, 0.25) is 0 Å². The molecule has 2 amide bonds. The summed E-state index contributed by atoms with van der Waals surface area (Å²) >= 11 is 0. The Kier molecular flexibility index (Phi) is 26.7. The Hall–Kier alpha value is -2.54. The third-order valence-corrected chi connectivity index (χ3v) is 17.4. The van der Waals surface area contributed by atoms with Crippen molar-refractivity contribution in [1.29, 1.82) is 0 Å². The van der Waals surface area contributed by atoms with Gasteiger partial charge in [0.1, 0.15) is 183 Å². The number of ether oxygens (including phenoxy) is 15. The molecule has 41 nitrogen and oxygen atoms in total. The predicted molar refractivity (Wildman–Crippen MR) is 285 cm³/mol. The van der Waals surface area contributed by atoms with Crippen LogP contribution >= 0.6 is 0 Å². The fourth-order valence-electron chi connectivity index (χ4n) is 12.1. The number of nitrogens with one attached hydrogen (secondary N) is 2. The quantitative estimate of drug-likeness (QED) is 0.0479. The van der Waals surface area contributed by atoms with E-state index < -0.39 is 297 Å². The molecule has 93 heavy (non-hydrogen) atoms. The number of hydrogen-bond acceptors (Lipinski definition) is 39. The van der Waals surface area contributed by atoms with Crippen molar-refractivity contribution in [2.24, 2.45) is 0 Å². The van der Waals surface area contributed by atoms with Crippen molar-refractivity contribution in [2.45, 2.75) is 273 Å². The van der Waals surface area contributed by atoms with Crippen molar-refractivity contribution >= 4 is 11.8 Å². The lowest BCUT2D eigenvalue weighted by Gasteiger charge is -2.52. The number of carbonyl (C=O) groups excluding carboxylic acids is 2. The van der Waals surface area contributed by atoms with Gasteiger partial charge in [-0.25, -0.2) is 0 Å².